The molecular weight excluding hydrogens is 360 g/mol. The number of hydrogen-bond acceptors (Lipinski definition) is 5. The molecule has 0 atom stereocenters. The molecule has 1 aliphatic rings. The van der Waals surface area contributed by atoms with Crippen molar-refractivity contribution in [3.8, 4) is 17.2 Å². The molecule has 2 N–H and O–H groups in total. The number of anilines is 1. The minimum atomic E-state index is -0.315. The van der Waals surface area contributed by atoms with Gasteiger partial charge in [-0.1, -0.05) is 6.07 Å². The van der Waals surface area contributed by atoms with Crippen molar-refractivity contribution in [3.05, 3.63) is 53.1 Å². The number of benzene rings is 2. The molecule has 28 heavy (non-hydrogen) atoms. The highest BCUT2D eigenvalue weighted by Gasteiger charge is 2.17. The molecule has 146 valence electrons. The highest BCUT2D eigenvalue weighted by molar-refractivity contribution is 6.03. The van der Waals surface area contributed by atoms with Gasteiger partial charge in [-0.25, -0.2) is 0 Å². The molecule has 1 heterocycles. The monoisotopic (exact) mass is 382 g/mol. The van der Waals surface area contributed by atoms with Crippen LogP contribution >= 0.6 is 0 Å². The summed E-state index contributed by atoms with van der Waals surface area (Å²) in [4.78, 5) is 24.2. The van der Waals surface area contributed by atoms with Crippen molar-refractivity contribution in [3.63, 3.8) is 0 Å². The van der Waals surface area contributed by atoms with Gasteiger partial charge in [0.25, 0.3) is 5.91 Å². The molecule has 2 aromatic carbocycles. The molecule has 0 aromatic heterocycles. The van der Waals surface area contributed by atoms with Gasteiger partial charge in [0, 0.05) is 23.9 Å². The lowest BCUT2D eigenvalue weighted by atomic mass is 10.00. The zero-order valence-corrected chi connectivity index (χ0v) is 16.0. The van der Waals surface area contributed by atoms with Gasteiger partial charge in [-0.2, -0.15) is 0 Å². The van der Waals surface area contributed by atoms with Crippen molar-refractivity contribution in [2.75, 3.05) is 33.2 Å². The molecule has 7 nitrogen and oxygen atoms in total. The fraction of sp³-hybridized carbons (Fsp3) is 0.238. The predicted molar refractivity (Wildman–Crippen MR) is 106 cm³/mol. The van der Waals surface area contributed by atoms with Gasteiger partial charge >= 0.3 is 0 Å². The molecule has 0 saturated heterocycles. The second kappa shape index (κ2) is 8.47. The van der Waals surface area contributed by atoms with Crippen molar-refractivity contribution >= 4 is 23.6 Å². The zero-order valence-electron chi connectivity index (χ0n) is 16.0. The third-order valence-electron chi connectivity index (χ3n) is 4.42. The summed E-state index contributed by atoms with van der Waals surface area (Å²) in [6, 6.07) is 8.84. The number of amides is 2. The van der Waals surface area contributed by atoms with Crippen LogP contribution in [0.1, 0.15) is 21.5 Å². The maximum atomic E-state index is 12.3. The van der Waals surface area contributed by atoms with E-state index < -0.39 is 0 Å². The summed E-state index contributed by atoms with van der Waals surface area (Å²) in [5, 5.41) is 5.57. The highest BCUT2D eigenvalue weighted by Crippen LogP contribution is 2.38. The predicted octanol–water partition coefficient (Wildman–Crippen LogP) is 2.65. The van der Waals surface area contributed by atoms with Crippen molar-refractivity contribution in [2.24, 2.45) is 0 Å². The second-order valence-electron chi connectivity index (χ2n) is 6.16. The van der Waals surface area contributed by atoms with Crippen molar-refractivity contribution < 1.29 is 23.8 Å². The van der Waals surface area contributed by atoms with E-state index >= 15 is 0 Å². The van der Waals surface area contributed by atoms with Crippen LogP contribution in [0.3, 0.4) is 0 Å². The van der Waals surface area contributed by atoms with Crippen LogP contribution in [-0.2, 0) is 11.2 Å². The van der Waals surface area contributed by atoms with Crippen LogP contribution in [0.4, 0.5) is 5.69 Å². The molecule has 0 aliphatic carbocycles. The Morgan fingerprint density at radius 1 is 1.07 bits per heavy atom. The summed E-state index contributed by atoms with van der Waals surface area (Å²) in [7, 11) is 4.59. The Labute approximate surface area is 163 Å². The number of carbonyl (C=O) groups excluding carboxylic acids is 2. The van der Waals surface area contributed by atoms with Crippen LogP contribution in [0.15, 0.2) is 36.4 Å². The fourth-order valence-electron chi connectivity index (χ4n) is 3.04. The van der Waals surface area contributed by atoms with Crippen molar-refractivity contribution in [1.82, 2.24) is 5.32 Å². The van der Waals surface area contributed by atoms with Gasteiger partial charge in [0.1, 0.15) is 0 Å². The van der Waals surface area contributed by atoms with Gasteiger partial charge < -0.3 is 24.8 Å². The summed E-state index contributed by atoms with van der Waals surface area (Å²) in [6.07, 6.45) is 3.83. The molecule has 2 aromatic rings. The Balaban J connectivity index is 1.75. The Morgan fingerprint density at radius 3 is 2.43 bits per heavy atom. The van der Waals surface area contributed by atoms with Crippen LogP contribution in [-0.4, -0.2) is 39.7 Å². The van der Waals surface area contributed by atoms with Crippen LogP contribution in [0.2, 0.25) is 0 Å². The summed E-state index contributed by atoms with van der Waals surface area (Å²) >= 11 is 0. The number of ether oxygens (including phenoxy) is 3. The summed E-state index contributed by atoms with van der Waals surface area (Å²) < 4.78 is 15.9. The smallest absolute Gasteiger partial charge is 0.251 e. The first-order valence-electron chi connectivity index (χ1n) is 8.76. The Morgan fingerprint density at radius 2 is 1.79 bits per heavy atom. The first kappa shape index (κ1) is 19.3. The third kappa shape index (κ3) is 4.09. The first-order valence-corrected chi connectivity index (χ1v) is 8.76. The SMILES string of the molecule is COc1cc(/C=C/C(=O)Nc2ccc3c(c2)C(=O)NCC3)cc(OC)c1OC. The lowest BCUT2D eigenvalue weighted by Gasteiger charge is -2.17. The Kier molecular flexibility index (Phi) is 5.84. The van der Waals surface area contributed by atoms with E-state index in [4.69, 9.17) is 14.2 Å². The number of fused-ring (bicyclic) bond motifs is 1. The van der Waals surface area contributed by atoms with Crippen LogP contribution in [0, 0.1) is 0 Å². The van der Waals surface area contributed by atoms with Crippen molar-refractivity contribution in [1.29, 1.82) is 0 Å². The van der Waals surface area contributed by atoms with E-state index in [0.29, 0.717) is 35.0 Å². The third-order valence-corrected chi connectivity index (χ3v) is 4.42. The number of hydrogen-bond donors (Lipinski definition) is 2. The molecule has 0 radical (unpaired) electrons. The van der Waals surface area contributed by atoms with Gasteiger partial charge in [-0.15, -0.1) is 0 Å². The highest BCUT2D eigenvalue weighted by atomic mass is 16.5. The van der Waals surface area contributed by atoms with E-state index in [1.807, 2.05) is 6.07 Å². The molecule has 2 amide bonds. The molecule has 0 unspecified atom stereocenters. The number of methoxy groups -OCH3 is 3. The maximum absolute atomic E-state index is 12.3. The maximum Gasteiger partial charge on any atom is 0.251 e. The summed E-state index contributed by atoms with van der Waals surface area (Å²) in [5.74, 6) is 1.05. The van der Waals surface area contributed by atoms with E-state index in [9.17, 15) is 9.59 Å². The lowest BCUT2D eigenvalue weighted by Crippen LogP contribution is -2.31. The number of rotatable bonds is 6. The minimum absolute atomic E-state index is 0.120. The van der Waals surface area contributed by atoms with E-state index in [-0.39, 0.29) is 11.8 Å². The van der Waals surface area contributed by atoms with Gasteiger partial charge in [-0.05, 0) is 47.9 Å². The fourth-order valence-corrected chi connectivity index (χ4v) is 3.04. The lowest BCUT2D eigenvalue weighted by molar-refractivity contribution is -0.111. The van der Waals surface area contributed by atoms with Gasteiger partial charge in [0.15, 0.2) is 11.5 Å². The average Bonchev–Trinajstić information content (AvgIpc) is 2.72. The normalized spacial score (nSPS) is 12.9. The number of carbonyl (C=O) groups is 2. The van der Waals surface area contributed by atoms with E-state index in [1.54, 1.807) is 30.3 Å². The molecule has 0 saturated carbocycles. The average molecular weight is 382 g/mol. The Hall–Kier alpha value is -3.48. The first-order chi connectivity index (χ1) is 13.5. The molecule has 1 aliphatic heterocycles. The molecule has 7 heteroatoms. The quantitative estimate of drug-likeness (QED) is 0.750. The van der Waals surface area contributed by atoms with Gasteiger partial charge in [-0.3, -0.25) is 9.59 Å². The molecule has 0 spiro atoms. The molecule has 0 bridgehead atoms. The molecule has 3 rings (SSSR count). The van der Waals surface area contributed by atoms with Gasteiger partial charge in [0.2, 0.25) is 11.7 Å². The summed E-state index contributed by atoms with van der Waals surface area (Å²) in [6.45, 7) is 0.634. The van der Waals surface area contributed by atoms with Crippen LogP contribution < -0.4 is 24.8 Å². The molecule has 0 fully saturated rings. The number of nitrogens with one attached hydrogen (secondary N) is 2. The minimum Gasteiger partial charge on any atom is -0.493 e. The second-order valence-corrected chi connectivity index (χ2v) is 6.16. The van der Waals surface area contributed by atoms with Crippen LogP contribution in [0.5, 0.6) is 17.2 Å². The van der Waals surface area contributed by atoms with E-state index in [0.717, 1.165) is 17.5 Å². The van der Waals surface area contributed by atoms with E-state index in [1.165, 1.54) is 27.4 Å². The zero-order chi connectivity index (χ0) is 20.1. The topological polar surface area (TPSA) is 85.9 Å². The van der Waals surface area contributed by atoms with Crippen LogP contribution in [0.25, 0.3) is 6.08 Å². The van der Waals surface area contributed by atoms with E-state index in [2.05, 4.69) is 10.6 Å². The Bertz CT molecular complexity index is 911. The van der Waals surface area contributed by atoms with Gasteiger partial charge in [0.05, 0.1) is 21.3 Å². The van der Waals surface area contributed by atoms with Crippen molar-refractivity contribution in [2.45, 2.75) is 6.42 Å². The standard InChI is InChI=1S/C21H22N2O5/c1-26-17-10-13(11-18(27-2)20(17)28-3)4-7-19(24)23-15-6-5-14-8-9-22-21(25)16(14)12-15/h4-7,10-12H,8-9H2,1-3H3,(H,22,25)(H,23,24)/b7-4+. The summed E-state index contributed by atoms with van der Waals surface area (Å²) in [5.41, 5.74) is 2.86. The molecular formula is C21H22N2O5. The largest absolute Gasteiger partial charge is 0.493 e.